The first kappa shape index (κ1) is 27.2. The smallest absolute Gasteiger partial charge is 0.352 e. The highest BCUT2D eigenvalue weighted by atomic mass is 32.1. The molecule has 1 N–H and O–H groups in total. The number of carbonyl (C=O) groups is 2. The number of benzene rings is 2. The maximum atomic E-state index is 15.9. The summed E-state index contributed by atoms with van der Waals surface area (Å²) in [4.78, 5) is 32.3. The van der Waals surface area contributed by atoms with Crippen molar-refractivity contribution in [2.24, 2.45) is 0 Å². The molecule has 40 heavy (non-hydrogen) atoms. The van der Waals surface area contributed by atoms with Gasteiger partial charge >= 0.3 is 6.18 Å². The predicted molar refractivity (Wildman–Crippen MR) is 142 cm³/mol. The molecule has 0 unspecified atom stereocenters. The lowest BCUT2D eigenvalue weighted by Crippen LogP contribution is -2.55. The van der Waals surface area contributed by atoms with Gasteiger partial charge in [0.15, 0.2) is 16.6 Å². The van der Waals surface area contributed by atoms with Crippen molar-refractivity contribution in [3.63, 3.8) is 0 Å². The predicted octanol–water partition coefficient (Wildman–Crippen LogP) is 5.14. The lowest BCUT2D eigenvalue weighted by molar-refractivity contribution is -0.138. The summed E-state index contributed by atoms with van der Waals surface area (Å²) in [6.07, 6.45) is -2.23. The number of anilines is 2. The Kier molecular flexibility index (Phi) is 7.01. The van der Waals surface area contributed by atoms with Crippen LogP contribution in [0.2, 0.25) is 0 Å². The fourth-order valence-corrected chi connectivity index (χ4v) is 5.45. The number of nitriles is 1. The van der Waals surface area contributed by atoms with Crippen LogP contribution in [0.1, 0.15) is 46.4 Å². The van der Waals surface area contributed by atoms with Crippen LogP contribution in [0.3, 0.4) is 0 Å². The van der Waals surface area contributed by atoms with Gasteiger partial charge in [0.25, 0.3) is 11.8 Å². The molecule has 1 aromatic heterocycles. The SMILES string of the molecule is N#Cc1ncc(N2C(=O)C3(CCC3)N(c3cccc(C(=O)NCCc4ccccc4)c3F)C2=S)cc1C(F)(F)F. The van der Waals surface area contributed by atoms with Gasteiger partial charge in [-0.2, -0.15) is 18.4 Å². The lowest BCUT2D eigenvalue weighted by atomic mass is 9.75. The van der Waals surface area contributed by atoms with Gasteiger partial charge in [-0.05, 0) is 61.7 Å². The van der Waals surface area contributed by atoms with E-state index in [1.807, 2.05) is 30.3 Å². The molecule has 1 saturated heterocycles. The molecule has 0 radical (unpaired) electrons. The van der Waals surface area contributed by atoms with E-state index in [4.69, 9.17) is 17.5 Å². The van der Waals surface area contributed by atoms with Gasteiger partial charge in [-0.3, -0.25) is 14.5 Å². The zero-order chi connectivity index (χ0) is 28.7. The Morgan fingerprint density at radius 2 is 1.88 bits per heavy atom. The number of carbonyl (C=O) groups excluding carboxylic acids is 2. The second kappa shape index (κ2) is 10.3. The van der Waals surface area contributed by atoms with E-state index in [-0.39, 0.29) is 41.4 Å². The Morgan fingerprint density at radius 3 is 2.50 bits per heavy atom. The zero-order valence-corrected chi connectivity index (χ0v) is 21.7. The molecule has 7 nitrogen and oxygen atoms in total. The lowest BCUT2D eigenvalue weighted by Gasteiger charge is -2.43. The molecule has 1 aliphatic carbocycles. The average Bonchev–Trinajstić information content (AvgIpc) is 3.15. The minimum atomic E-state index is -4.90. The van der Waals surface area contributed by atoms with Crippen LogP contribution < -0.4 is 15.1 Å². The number of amides is 2. The van der Waals surface area contributed by atoms with Crippen LogP contribution >= 0.6 is 12.2 Å². The van der Waals surface area contributed by atoms with E-state index in [1.54, 1.807) is 0 Å². The van der Waals surface area contributed by atoms with Crippen LogP contribution in [0.4, 0.5) is 28.9 Å². The standard InChI is InChI=1S/C28H21F4N5O2S/c29-23-19(24(38)34-13-10-17-6-2-1-3-7-17)8-4-9-22(23)37-26(40)36(25(39)27(37)11-5-12-27)18-14-20(28(30,31)32)21(15-33)35-16-18/h1-4,6-9,14,16H,5,10-13H2,(H,34,38). The van der Waals surface area contributed by atoms with E-state index in [9.17, 15) is 22.8 Å². The number of thiocarbonyl (C=S) groups is 1. The third-order valence-electron chi connectivity index (χ3n) is 7.14. The first-order chi connectivity index (χ1) is 19.1. The number of rotatable bonds is 6. The van der Waals surface area contributed by atoms with Gasteiger partial charge in [0, 0.05) is 6.54 Å². The Balaban J connectivity index is 1.46. The monoisotopic (exact) mass is 567 g/mol. The molecule has 204 valence electrons. The molecule has 5 rings (SSSR count). The Labute approximate surface area is 232 Å². The highest BCUT2D eigenvalue weighted by molar-refractivity contribution is 7.81. The van der Waals surface area contributed by atoms with Crippen LogP contribution in [0.25, 0.3) is 0 Å². The highest BCUT2D eigenvalue weighted by Gasteiger charge is 2.60. The average molecular weight is 568 g/mol. The number of nitrogens with zero attached hydrogens (tertiary/aromatic N) is 4. The highest BCUT2D eigenvalue weighted by Crippen LogP contribution is 2.49. The molecular weight excluding hydrogens is 546 g/mol. The van der Waals surface area contributed by atoms with Crippen LogP contribution in [0, 0.1) is 17.1 Å². The van der Waals surface area contributed by atoms with Crippen molar-refractivity contribution in [2.45, 2.75) is 37.4 Å². The molecule has 2 heterocycles. The molecule has 1 aliphatic heterocycles. The summed E-state index contributed by atoms with van der Waals surface area (Å²) >= 11 is 5.53. The van der Waals surface area contributed by atoms with Crippen molar-refractivity contribution in [3.8, 4) is 6.07 Å². The summed E-state index contributed by atoms with van der Waals surface area (Å²) in [7, 11) is 0. The van der Waals surface area contributed by atoms with E-state index in [0.717, 1.165) is 16.7 Å². The fourth-order valence-electron chi connectivity index (χ4n) is 4.99. The molecule has 2 aromatic carbocycles. The Hall–Kier alpha value is -4.37. The first-order valence-corrected chi connectivity index (χ1v) is 12.8. The van der Waals surface area contributed by atoms with Gasteiger partial charge in [0.05, 0.1) is 28.7 Å². The van der Waals surface area contributed by atoms with E-state index >= 15 is 4.39 Å². The third-order valence-corrected chi connectivity index (χ3v) is 7.51. The summed E-state index contributed by atoms with van der Waals surface area (Å²) in [5.74, 6) is -2.19. The van der Waals surface area contributed by atoms with Crippen molar-refractivity contribution in [2.75, 3.05) is 16.3 Å². The molecule has 3 aromatic rings. The number of hydrogen-bond acceptors (Lipinski definition) is 5. The molecule has 0 atom stereocenters. The van der Waals surface area contributed by atoms with Gasteiger partial charge in [-0.25, -0.2) is 9.37 Å². The normalized spacial score (nSPS) is 16.2. The Morgan fingerprint density at radius 1 is 1.15 bits per heavy atom. The van der Waals surface area contributed by atoms with Crippen molar-refractivity contribution >= 4 is 40.5 Å². The summed E-state index contributed by atoms with van der Waals surface area (Å²) in [5, 5.41) is 11.5. The van der Waals surface area contributed by atoms with Gasteiger partial charge < -0.3 is 10.2 Å². The largest absolute Gasteiger partial charge is 0.419 e. The van der Waals surface area contributed by atoms with Gasteiger partial charge in [0.1, 0.15) is 11.6 Å². The zero-order valence-electron chi connectivity index (χ0n) is 20.8. The van der Waals surface area contributed by atoms with Crippen molar-refractivity contribution in [1.82, 2.24) is 10.3 Å². The second-order valence-electron chi connectivity index (χ2n) is 9.47. The van der Waals surface area contributed by atoms with Crippen LogP contribution in [-0.2, 0) is 17.4 Å². The first-order valence-electron chi connectivity index (χ1n) is 12.4. The van der Waals surface area contributed by atoms with E-state index in [2.05, 4.69) is 10.3 Å². The van der Waals surface area contributed by atoms with Crippen molar-refractivity contribution in [1.29, 1.82) is 5.26 Å². The topological polar surface area (TPSA) is 89.3 Å². The summed E-state index contributed by atoms with van der Waals surface area (Å²) in [6, 6.07) is 15.6. The molecule has 1 spiro atoms. The van der Waals surface area contributed by atoms with Crippen LogP contribution in [0.15, 0.2) is 60.8 Å². The number of nitrogens with one attached hydrogen (secondary N) is 1. The summed E-state index contributed by atoms with van der Waals surface area (Å²) < 4.78 is 56.7. The molecular formula is C28H21F4N5O2S. The van der Waals surface area contributed by atoms with Crippen LogP contribution in [0.5, 0.6) is 0 Å². The molecule has 12 heteroatoms. The number of pyridine rings is 1. The number of alkyl halides is 3. The summed E-state index contributed by atoms with van der Waals surface area (Å²) in [5.41, 5.74) is -3.15. The maximum Gasteiger partial charge on any atom is 0.419 e. The quantitative estimate of drug-likeness (QED) is 0.328. The number of halogens is 4. The van der Waals surface area contributed by atoms with Gasteiger partial charge in [-0.15, -0.1) is 0 Å². The Bertz CT molecular complexity index is 1550. The third kappa shape index (κ3) is 4.56. The molecule has 0 bridgehead atoms. The van der Waals surface area contributed by atoms with Gasteiger partial charge in [0.2, 0.25) is 0 Å². The van der Waals surface area contributed by atoms with Gasteiger partial charge in [-0.1, -0.05) is 36.4 Å². The second-order valence-corrected chi connectivity index (χ2v) is 9.84. The van der Waals surface area contributed by atoms with Crippen molar-refractivity contribution in [3.05, 3.63) is 89.0 Å². The minimum absolute atomic E-state index is 0.131. The van der Waals surface area contributed by atoms with E-state index in [1.165, 1.54) is 29.2 Å². The molecule has 1 saturated carbocycles. The number of hydrogen-bond donors (Lipinski definition) is 1. The maximum absolute atomic E-state index is 15.9. The van der Waals surface area contributed by atoms with Crippen molar-refractivity contribution < 1.29 is 27.2 Å². The minimum Gasteiger partial charge on any atom is -0.352 e. The molecule has 2 fully saturated rings. The van der Waals surface area contributed by atoms with E-state index < -0.39 is 40.6 Å². The molecule has 2 aliphatic rings. The van der Waals surface area contributed by atoms with E-state index in [0.29, 0.717) is 18.9 Å². The summed E-state index contributed by atoms with van der Waals surface area (Å²) in [6.45, 7) is 0.262. The molecule has 2 amide bonds. The van der Waals surface area contributed by atoms with Crippen LogP contribution in [-0.4, -0.2) is 34.0 Å². The fraction of sp³-hybridized carbons (Fsp3) is 0.250. The number of aromatic nitrogens is 1.